The molecule has 22 heavy (non-hydrogen) atoms. The Morgan fingerprint density at radius 2 is 1.86 bits per heavy atom. The number of ether oxygens (including phenoxy) is 1. The van der Waals surface area contributed by atoms with E-state index < -0.39 is 22.3 Å². The van der Waals surface area contributed by atoms with Gasteiger partial charge in [-0.2, -0.15) is 0 Å². The number of hydrogen-bond acceptors (Lipinski definition) is 5. The summed E-state index contributed by atoms with van der Waals surface area (Å²) in [6.07, 6.45) is 0. The summed E-state index contributed by atoms with van der Waals surface area (Å²) in [5.41, 5.74) is 3.32. The first kappa shape index (κ1) is 17.2. The van der Waals surface area contributed by atoms with Gasteiger partial charge in [-0.15, -0.1) is 0 Å². The fourth-order valence-corrected chi connectivity index (χ4v) is 1.35. The van der Waals surface area contributed by atoms with Gasteiger partial charge in [0.2, 0.25) is 5.91 Å². The third-order valence-electron chi connectivity index (χ3n) is 2.62. The zero-order chi connectivity index (χ0) is 16.9. The zero-order valence-electron chi connectivity index (χ0n) is 12.7. The van der Waals surface area contributed by atoms with Crippen LogP contribution in [0.1, 0.15) is 20.8 Å². The highest BCUT2D eigenvalue weighted by Crippen LogP contribution is 2.28. The average Bonchev–Trinajstić information content (AvgIpc) is 2.43. The van der Waals surface area contributed by atoms with Crippen LogP contribution < -0.4 is 20.9 Å². The molecule has 1 aromatic rings. The average molecular weight is 310 g/mol. The van der Waals surface area contributed by atoms with Gasteiger partial charge in [0, 0.05) is 5.41 Å². The molecule has 0 aliphatic carbocycles. The number of hydrazine groups is 1. The number of carbonyl (C=O) groups is 2. The third kappa shape index (κ3) is 4.62. The van der Waals surface area contributed by atoms with Crippen molar-refractivity contribution in [3.05, 3.63) is 28.3 Å². The number of methoxy groups -OCH3 is 1. The summed E-state index contributed by atoms with van der Waals surface area (Å²) in [4.78, 5) is 33.6. The van der Waals surface area contributed by atoms with Crippen LogP contribution in [0.2, 0.25) is 0 Å². The molecule has 0 aliphatic heterocycles. The summed E-state index contributed by atoms with van der Waals surface area (Å²) in [5, 5.41) is 13.3. The second-order valence-electron chi connectivity index (χ2n) is 5.42. The Kier molecular flexibility index (Phi) is 5.28. The molecule has 0 spiro atoms. The minimum atomic E-state index is -0.800. The first-order valence-electron chi connectivity index (χ1n) is 6.35. The fraction of sp³-hybridized carbons (Fsp3) is 0.385. The number of nitro groups is 1. The molecule has 0 aliphatic rings. The van der Waals surface area contributed by atoms with Crippen molar-refractivity contribution in [3.63, 3.8) is 0 Å². The van der Waals surface area contributed by atoms with Gasteiger partial charge < -0.3 is 10.1 Å². The molecule has 9 nitrogen and oxygen atoms in total. The Morgan fingerprint density at radius 1 is 1.23 bits per heavy atom. The molecule has 0 fully saturated rings. The maximum absolute atomic E-state index is 11.7. The molecular weight excluding hydrogens is 292 g/mol. The van der Waals surface area contributed by atoms with Gasteiger partial charge in [-0.1, -0.05) is 20.8 Å². The Balaban J connectivity index is 2.76. The van der Waals surface area contributed by atoms with Crippen molar-refractivity contribution in [2.45, 2.75) is 20.8 Å². The fourth-order valence-electron chi connectivity index (χ4n) is 1.35. The van der Waals surface area contributed by atoms with E-state index in [-0.39, 0.29) is 11.4 Å². The zero-order valence-corrected chi connectivity index (χ0v) is 12.7. The van der Waals surface area contributed by atoms with E-state index in [0.717, 1.165) is 0 Å². The summed E-state index contributed by atoms with van der Waals surface area (Å²) in [6.45, 7) is 5.03. The second kappa shape index (κ2) is 6.74. The van der Waals surface area contributed by atoms with Crippen LogP contribution in [0.25, 0.3) is 0 Å². The van der Waals surface area contributed by atoms with Crippen LogP contribution in [0, 0.1) is 15.5 Å². The molecule has 0 aromatic heterocycles. The number of nitrogens with one attached hydrogen (secondary N) is 3. The van der Waals surface area contributed by atoms with Crippen LogP contribution in [0.15, 0.2) is 18.2 Å². The normalized spacial score (nSPS) is 10.5. The van der Waals surface area contributed by atoms with Crippen LogP contribution in [-0.2, 0) is 4.79 Å². The van der Waals surface area contributed by atoms with Gasteiger partial charge in [0.1, 0.15) is 11.4 Å². The van der Waals surface area contributed by atoms with Crippen molar-refractivity contribution >= 4 is 23.3 Å². The minimum absolute atomic E-state index is 0.0201. The van der Waals surface area contributed by atoms with Gasteiger partial charge >= 0.3 is 6.03 Å². The van der Waals surface area contributed by atoms with E-state index >= 15 is 0 Å². The molecule has 3 N–H and O–H groups in total. The molecule has 120 valence electrons. The highest BCUT2D eigenvalue weighted by Gasteiger charge is 2.22. The lowest BCUT2D eigenvalue weighted by atomic mass is 9.96. The van der Waals surface area contributed by atoms with Gasteiger partial charge in [-0.05, 0) is 12.1 Å². The quantitative estimate of drug-likeness (QED) is 0.580. The Bertz CT molecular complexity index is 595. The second-order valence-corrected chi connectivity index (χ2v) is 5.42. The Hall–Kier alpha value is -2.84. The number of benzene rings is 1. The topological polar surface area (TPSA) is 123 Å². The first-order chi connectivity index (χ1) is 10.1. The van der Waals surface area contributed by atoms with E-state index in [9.17, 15) is 19.7 Å². The van der Waals surface area contributed by atoms with Crippen molar-refractivity contribution in [2.75, 3.05) is 12.4 Å². The molecule has 0 saturated heterocycles. The molecule has 0 radical (unpaired) electrons. The lowest BCUT2D eigenvalue weighted by Gasteiger charge is -2.18. The standard InChI is InChI=1S/C13H18N4O5/c1-13(2,3)11(18)15-16-12(19)14-9-6-5-8(22-4)7-10(9)17(20)21/h5-7H,1-4H3,(H,15,18)(H2,14,16,19). The molecule has 9 heteroatoms. The SMILES string of the molecule is COc1ccc(NC(=O)NNC(=O)C(C)(C)C)c([N+](=O)[O-])c1. The van der Waals surface area contributed by atoms with E-state index in [1.165, 1.54) is 25.3 Å². The smallest absolute Gasteiger partial charge is 0.338 e. The summed E-state index contributed by atoms with van der Waals surface area (Å²) in [7, 11) is 1.38. The largest absolute Gasteiger partial charge is 0.496 e. The number of nitro benzene ring substituents is 1. The summed E-state index contributed by atoms with van der Waals surface area (Å²) in [6, 6.07) is 3.19. The summed E-state index contributed by atoms with van der Waals surface area (Å²) < 4.78 is 4.89. The number of amides is 3. The molecule has 0 saturated carbocycles. The third-order valence-corrected chi connectivity index (χ3v) is 2.62. The van der Waals surface area contributed by atoms with E-state index in [4.69, 9.17) is 4.74 Å². The van der Waals surface area contributed by atoms with Crippen LogP contribution in [0.5, 0.6) is 5.75 Å². The Labute approximate surface area is 127 Å². The van der Waals surface area contributed by atoms with Crippen molar-refractivity contribution in [1.82, 2.24) is 10.9 Å². The summed E-state index contributed by atoms with van der Waals surface area (Å²) >= 11 is 0. The first-order valence-corrected chi connectivity index (χ1v) is 6.35. The lowest BCUT2D eigenvalue weighted by molar-refractivity contribution is -0.384. The predicted octanol–water partition coefficient (Wildman–Crippen LogP) is 1.80. The monoisotopic (exact) mass is 310 g/mol. The molecule has 1 rings (SSSR count). The van der Waals surface area contributed by atoms with Gasteiger partial charge in [-0.3, -0.25) is 20.3 Å². The predicted molar refractivity (Wildman–Crippen MR) is 79.4 cm³/mol. The Morgan fingerprint density at radius 3 is 2.36 bits per heavy atom. The van der Waals surface area contributed by atoms with Crippen molar-refractivity contribution < 1.29 is 19.2 Å². The van der Waals surface area contributed by atoms with Gasteiger partial charge in [-0.25, -0.2) is 10.2 Å². The molecule has 0 heterocycles. The maximum Gasteiger partial charge on any atom is 0.338 e. The highest BCUT2D eigenvalue weighted by molar-refractivity contribution is 5.93. The van der Waals surface area contributed by atoms with E-state index in [0.29, 0.717) is 5.75 Å². The lowest BCUT2D eigenvalue weighted by Crippen LogP contribution is -2.48. The number of carbonyl (C=O) groups excluding carboxylic acids is 2. The molecule has 0 unspecified atom stereocenters. The number of anilines is 1. The van der Waals surface area contributed by atoms with Crippen LogP contribution in [0.4, 0.5) is 16.2 Å². The van der Waals surface area contributed by atoms with E-state index in [1.807, 2.05) is 0 Å². The van der Waals surface area contributed by atoms with Crippen LogP contribution >= 0.6 is 0 Å². The number of hydrogen-bond donors (Lipinski definition) is 3. The van der Waals surface area contributed by atoms with Crippen molar-refractivity contribution in [1.29, 1.82) is 0 Å². The highest BCUT2D eigenvalue weighted by atomic mass is 16.6. The molecule has 0 bridgehead atoms. The molecule has 3 amide bonds. The van der Waals surface area contributed by atoms with E-state index in [2.05, 4.69) is 16.2 Å². The van der Waals surface area contributed by atoms with Gasteiger partial charge in [0.05, 0.1) is 18.1 Å². The van der Waals surface area contributed by atoms with Crippen LogP contribution in [0.3, 0.4) is 0 Å². The van der Waals surface area contributed by atoms with Crippen molar-refractivity contribution in [2.24, 2.45) is 5.41 Å². The number of urea groups is 1. The summed E-state index contributed by atoms with van der Waals surface area (Å²) in [5.74, 6) is -0.106. The van der Waals surface area contributed by atoms with Crippen LogP contribution in [-0.4, -0.2) is 24.0 Å². The number of rotatable bonds is 3. The minimum Gasteiger partial charge on any atom is -0.496 e. The van der Waals surface area contributed by atoms with Crippen molar-refractivity contribution in [3.8, 4) is 5.75 Å². The molecule has 1 aromatic carbocycles. The number of nitrogens with zero attached hydrogens (tertiary/aromatic N) is 1. The molecular formula is C13H18N4O5. The van der Waals surface area contributed by atoms with Gasteiger partial charge in [0.25, 0.3) is 5.69 Å². The van der Waals surface area contributed by atoms with E-state index in [1.54, 1.807) is 20.8 Å². The molecule has 0 atom stereocenters. The maximum atomic E-state index is 11.7. The van der Waals surface area contributed by atoms with Gasteiger partial charge in [0.15, 0.2) is 0 Å².